The summed E-state index contributed by atoms with van der Waals surface area (Å²) in [5, 5.41) is 9.17. The molecule has 0 bridgehead atoms. The van der Waals surface area contributed by atoms with Gasteiger partial charge in [0.2, 0.25) is 0 Å². The molecular formula is C15H9F3N4. The molecule has 2 aromatic heterocycles. The molecule has 3 aromatic rings. The van der Waals surface area contributed by atoms with E-state index in [0.717, 1.165) is 6.07 Å². The quantitative estimate of drug-likeness (QED) is 0.690. The highest BCUT2D eigenvalue weighted by atomic mass is 19.4. The lowest BCUT2D eigenvalue weighted by molar-refractivity contribution is -0.137. The number of aryl methyl sites for hydroxylation is 1. The van der Waals surface area contributed by atoms with Gasteiger partial charge in [0.1, 0.15) is 17.9 Å². The summed E-state index contributed by atoms with van der Waals surface area (Å²) in [5.74, 6) is 0. The summed E-state index contributed by atoms with van der Waals surface area (Å²) >= 11 is 0. The smallest absolute Gasteiger partial charge is 0.312 e. The van der Waals surface area contributed by atoms with E-state index in [1.165, 1.54) is 35.3 Å². The Morgan fingerprint density at radius 1 is 1.18 bits per heavy atom. The van der Waals surface area contributed by atoms with Crippen LogP contribution in [0.5, 0.6) is 0 Å². The summed E-state index contributed by atoms with van der Waals surface area (Å²) in [6.45, 7) is 1.66. The molecule has 0 N–H and O–H groups in total. The van der Waals surface area contributed by atoms with E-state index in [1.54, 1.807) is 6.92 Å². The molecule has 1 aromatic carbocycles. The second-order valence-electron chi connectivity index (χ2n) is 4.70. The second kappa shape index (κ2) is 4.84. The fraction of sp³-hybridized carbons (Fsp3) is 0.133. The number of rotatable bonds is 1. The fourth-order valence-corrected chi connectivity index (χ4v) is 2.40. The Hall–Kier alpha value is -2.88. The normalized spacial score (nSPS) is 11.6. The lowest BCUT2D eigenvalue weighted by Crippen LogP contribution is -2.10. The third-order valence-electron chi connectivity index (χ3n) is 3.35. The van der Waals surface area contributed by atoms with Crippen molar-refractivity contribution in [1.82, 2.24) is 14.5 Å². The fourth-order valence-electron chi connectivity index (χ4n) is 2.40. The van der Waals surface area contributed by atoms with Gasteiger partial charge in [-0.1, -0.05) is 12.1 Å². The van der Waals surface area contributed by atoms with Gasteiger partial charge in [-0.3, -0.25) is 0 Å². The molecular weight excluding hydrogens is 293 g/mol. The van der Waals surface area contributed by atoms with Gasteiger partial charge in [0.05, 0.1) is 28.0 Å². The minimum absolute atomic E-state index is 0.0561. The number of hydrogen-bond acceptors (Lipinski definition) is 3. The number of benzene rings is 1. The highest BCUT2D eigenvalue weighted by Gasteiger charge is 2.34. The Bertz CT molecular complexity index is 903. The van der Waals surface area contributed by atoms with E-state index in [9.17, 15) is 13.2 Å². The maximum atomic E-state index is 13.2. The molecule has 0 unspecified atom stereocenters. The van der Waals surface area contributed by atoms with Crippen LogP contribution in [0.3, 0.4) is 0 Å². The zero-order chi connectivity index (χ0) is 15.9. The van der Waals surface area contributed by atoms with E-state index in [4.69, 9.17) is 5.26 Å². The van der Waals surface area contributed by atoms with Crippen LogP contribution in [0, 0.1) is 18.3 Å². The number of nitrogens with zero attached hydrogens (tertiary/aromatic N) is 4. The summed E-state index contributed by atoms with van der Waals surface area (Å²) in [7, 11) is 0. The molecule has 0 spiro atoms. The van der Waals surface area contributed by atoms with Crippen molar-refractivity contribution in [3.63, 3.8) is 0 Å². The van der Waals surface area contributed by atoms with Crippen LogP contribution < -0.4 is 0 Å². The van der Waals surface area contributed by atoms with Crippen molar-refractivity contribution < 1.29 is 13.2 Å². The number of nitriles is 1. The average Bonchev–Trinajstić information content (AvgIpc) is 2.86. The molecule has 0 saturated carbocycles. The molecule has 0 saturated heterocycles. The Morgan fingerprint density at radius 3 is 2.59 bits per heavy atom. The highest BCUT2D eigenvalue weighted by Crippen LogP contribution is 2.35. The summed E-state index contributed by atoms with van der Waals surface area (Å²) in [6, 6.07) is 7.16. The van der Waals surface area contributed by atoms with Crippen LogP contribution in [0.4, 0.5) is 13.2 Å². The lowest BCUT2D eigenvalue weighted by Gasteiger charge is -2.14. The van der Waals surface area contributed by atoms with Crippen molar-refractivity contribution in [2.75, 3.05) is 0 Å². The predicted molar refractivity (Wildman–Crippen MR) is 73.3 cm³/mol. The maximum absolute atomic E-state index is 13.2. The first kappa shape index (κ1) is 14.1. The van der Waals surface area contributed by atoms with Gasteiger partial charge in [0.15, 0.2) is 0 Å². The van der Waals surface area contributed by atoms with Crippen molar-refractivity contribution in [3.05, 3.63) is 53.6 Å². The second-order valence-corrected chi connectivity index (χ2v) is 4.70. The zero-order valence-corrected chi connectivity index (χ0v) is 11.4. The summed E-state index contributed by atoms with van der Waals surface area (Å²) in [6.07, 6.45) is -1.85. The van der Waals surface area contributed by atoms with Gasteiger partial charge in [-0.05, 0) is 19.1 Å². The largest absolute Gasteiger partial charge is 0.418 e. The predicted octanol–water partition coefficient (Wildman–Crippen LogP) is 3.62. The monoisotopic (exact) mass is 302 g/mol. The van der Waals surface area contributed by atoms with Gasteiger partial charge in [-0.2, -0.15) is 18.4 Å². The molecule has 0 radical (unpaired) electrons. The van der Waals surface area contributed by atoms with Gasteiger partial charge in [0, 0.05) is 6.20 Å². The molecule has 4 nitrogen and oxygen atoms in total. The maximum Gasteiger partial charge on any atom is 0.418 e. The first-order chi connectivity index (χ1) is 10.4. The van der Waals surface area contributed by atoms with Crippen LogP contribution in [-0.4, -0.2) is 14.5 Å². The summed E-state index contributed by atoms with van der Waals surface area (Å²) in [5.41, 5.74) is 0.614. The Balaban J connectivity index is 2.41. The Kier molecular flexibility index (Phi) is 3.10. The minimum atomic E-state index is -4.50. The van der Waals surface area contributed by atoms with E-state index in [2.05, 4.69) is 9.97 Å². The van der Waals surface area contributed by atoms with Gasteiger partial charge >= 0.3 is 6.18 Å². The van der Waals surface area contributed by atoms with E-state index >= 15 is 0 Å². The number of alkyl halides is 3. The number of fused-ring (bicyclic) bond motifs is 1. The van der Waals surface area contributed by atoms with E-state index in [-0.39, 0.29) is 11.3 Å². The Labute approximate surface area is 123 Å². The van der Waals surface area contributed by atoms with E-state index in [1.807, 2.05) is 6.07 Å². The number of aromatic nitrogens is 3. The van der Waals surface area contributed by atoms with Gasteiger partial charge in [0.25, 0.3) is 0 Å². The zero-order valence-electron chi connectivity index (χ0n) is 11.4. The van der Waals surface area contributed by atoms with Crippen molar-refractivity contribution in [1.29, 1.82) is 5.26 Å². The molecule has 0 aliphatic carbocycles. The molecule has 0 atom stereocenters. The van der Waals surface area contributed by atoms with Crippen molar-refractivity contribution in [2.45, 2.75) is 13.1 Å². The van der Waals surface area contributed by atoms with Crippen molar-refractivity contribution >= 4 is 11.0 Å². The van der Waals surface area contributed by atoms with Crippen molar-refractivity contribution in [3.8, 4) is 11.8 Å². The third-order valence-corrected chi connectivity index (χ3v) is 3.35. The van der Waals surface area contributed by atoms with Crippen LogP contribution in [0.15, 0.2) is 36.8 Å². The molecule has 7 heteroatoms. The average molecular weight is 302 g/mol. The number of hydrogen-bond donors (Lipinski definition) is 0. The number of para-hydroxylation sites is 1. The molecule has 0 aliphatic heterocycles. The first-order valence-electron chi connectivity index (χ1n) is 6.33. The summed E-state index contributed by atoms with van der Waals surface area (Å²) in [4.78, 5) is 8.03. The third kappa shape index (κ3) is 2.09. The van der Waals surface area contributed by atoms with Crippen LogP contribution in [0.1, 0.15) is 16.8 Å². The van der Waals surface area contributed by atoms with E-state index < -0.39 is 11.7 Å². The summed E-state index contributed by atoms with van der Waals surface area (Å²) < 4.78 is 41.0. The first-order valence-corrected chi connectivity index (χ1v) is 6.33. The molecule has 22 heavy (non-hydrogen) atoms. The standard InChI is InChI=1S/C15H9F3N4/c1-9-14-13(21-8-20-9)10(6-19)7-22(14)12-5-3-2-4-11(12)15(16,17)18/h2-5,7-8H,1H3. The van der Waals surface area contributed by atoms with Crippen molar-refractivity contribution in [2.24, 2.45) is 0 Å². The Morgan fingerprint density at radius 2 is 1.91 bits per heavy atom. The lowest BCUT2D eigenvalue weighted by atomic mass is 10.1. The van der Waals surface area contributed by atoms with Crippen LogP contribution >= 0.6 is 0 Å². The highest BCUT2D eigenvalue weighted by molar-refractivity contribution is 5.85. The molecule has 0 aliphatic rings. The minimum Gasteiger partial charge on any atom is -0.312 e. The van der Waals surface area contributed by atoms with Crippen LogP contribution in [0.25, 0.3) is 16.7 Å². The van der Waals surface area contributed by atoms with Crippen LogP contribution in [0.2, 0.25) is 0 Å². The van der Waals surface area contributed by atoms with Gasteiger partial charge < -0.3 is 4.57 Å². The van der Waals surface area contributed by atoms with Gasteiger partial charge in [-0.25, -0.2) is 9.97 Å². The molecule has 0 fully saturated rings. The molecule has 0 amide bonds. The molecule has 110 valence electrons. The SMILES string of the molecule is Cc1ncnc2c(C#N)cn(-c3ccccc3C(F)(F)F)c12. The number of halogens is 3. The van der Waals surface area contributed by atoms with Crippen LogP contribution in [-0.2, 0) is 6.18 Å². The van der Waals surface area contributed by atoms with E-state index in [0.29, 0.717) is 16.7 Å². The molecule has 3 rings (SSSR count). The topological polar surface area (TPSA) is 54.5 Å². The molecule has 2 heterocycles. The van der Waals surface area contributed by atoms with Gasteiger partial charge in [-0.15, -0.1) is 0 Å².